The monoisotopic (exact) mass is 320 g/mol. The molecule has 2 rings (SSSR count). The van der Waals surface area contributed by atoms with Crippen LogP contribution in [0.25, 0.3) is 0 Å². The highest BCUT2D eigenvalue weighted by atomic mass is 16.7. The summed E-state index contributed by atoms with van der Waals surface area (Å²) in [6, 6.07) is 7.83. The second kappa shape index (κ2) is 6.91. The summed E-state index contributed by atoms with van der Waals surface area (Å²) in [5.74, 6) is -2.72. The lowest BCUT2D eigenvalue weighted by Gasteiger charge is -2.36. The van der Waals surface area contributed by atoms with Crippen LogP contribution >= 0.6 is 0 Å². The van der Waals surface area contributed by atoms with Crippen LogP contribution < -0.4 is 0 Å². The van der Waals surface area contributed by atoms with Gasteiger partial charge in [0.25, 0.3) is 11.8 Å². The minimum absolute atomic E-state index is 0.121. The standard InChI is InChI=1S/C15H16N2O6/c1-10(18)22-16-9-14(20)17(23-11(2)19)13(15(16)21)8-12-6-4-3-5-7-12/h3-7,13H,8-9H2,1-2H3. The number of rotatable bonds is 4. The summed E-state index contributed by atoms with van der Waals surface area (Å²) >= 11 is 0. The molecular formula is C15H16N2O6. The van der Waals surface area contributed by atoms with Crippen molar-refractivity contribution < 1.29 is 28.9 Å². The smallest absolute Gasteiger partial charge is 0.329 e. The van der Waals surface area contributed by atoms with E-state index < -0.39 is 36.3 Å². The third-order valence-corrected chi connectivity index (χ3v) is 3.08. The SMILES string of the molecule is CC(=O)ON1CC(=O)N(OC(C)=O)C(Cc2ccccc2)C1=O. The van der Waals surface area contributed by atoms with Crippen molar-refractivity contribution in [3.8, 4) is 0 Å². The highest BCUT2D eigenvalue weighted by molar-refractivity contribution is 5.95. The Morgan fingerprint density at radius 1 is 1.09 bits per heavy atom. The van der Waals surface area contributed by atoms with Gasteiger partial charge in [-0.3, -0.25) is 19.2 Å². The van der Waals surface area contributed by atoms with Crippen LogP contribution in [0.1, 0.15) is 19.4 Å². The topological polar surface area (TPSA) is 93.2 Å². The molecule has 0 spiro atoms. The molecule has 0 bridgehead atoms. The van der Waals surface area contributed by atoms with Crippen LogP contribution in [-0.4, -0.2) is 46.5 Å². The van der Waals surface area contributed by atoms with Gasteiger partial charge >= 0.3 is 11.9 Å². The molecule has 1 fully saturated rings. The molecule has 122 valence electrons. The summed E-state index contributed by atoms with van der Waals surface area (Å²) in [6.45, 7) is 1.76. The highest BCUT2D eigenvalue weighted by Gasteiger charge is 2.43. The van der Waals surface area contributed by atoms with Gasteiger partial charge in [-0.2, -0.15) is 10.1 Å². The highest BCUT2D eigenvalue weighted by Crippen LogP contribution is 2.18. The fourth-order valence-corrected chi connectivity index (χ4v) is 2.20. The normalized spacial score (nSPS) is 17.9. The van der Waals surface area contributed by atoms with Crippen LogP contribution in [0.4, 0.5) is 0 Å². The molecule has 8 nitrogen and oxygen atoms in total. The molecule has 0 aliphatic carbocycles. The number of benzene rings is 1. The van der Waals surface area contributed by atoms with Crippen molar-refractivity contribution in [2.75, 3.05) is 6.54 Å². The quantitative estimate of drug-likeness (QED) is 0.788. The lowest BCUT2D eigenvalue weighted by Crippen LogP contribution is -2.60. The molecule has 1 aliphatic heterocycles. The number of hydroxylamine groups is 4. The first kappa shape index (κ1) is 16.5. The van der Waals surface area contributed by atoms with E-state index in [9.17, 15) is 19.2 Å². The lowest BCUT2D eigenvalue weighted by atomic mass is 10.0. The number of carbonyl (C=O) groups excluding carboxylic acids is 4. The van der Waals surface area contributed by atoms with Crippen molar-refractivity contribution in [3.05, 3.63) is 35.9 Å². The molecule has 1 heterocycles. The predicted octanol–water partition coefficient (Wildman–Crippen LogP) is 0.225. The zero-order chi connectivity index (χ0) is 17.0. The fraction of sp³-hybridized carbons (Fsp3) is 0.333. The van der Waals surface area contributed by atoms with Crippen molar-refractivity contribution in [1.82, 2.24) is 10.1 Å². The van der Waals surface area contributed by atoms with E-state index in [-0.39, 0.29) is 6.42 Å². The molecule has 0 aromatic heterocycles. The van der Waals surface area contributed by atoms with E-state index in [4.69, 9.17) is 9.68 Å². The average Bonchev–Trinajstić information content (AvgIpc) is 2.48. The van der Waals surface area contributed by atoms with Gasteiger partial charge in [-0.1, -0.05) is 30.3 Å². The van der Waals surface area contributed by atoms with E-state index in [0.29, 0.717) is 5.06 Å². The predicted molar refractivity (Wildman–Crippen MR) is 76.0 cm³/mol. The molecule has 2 amide bonds. The van der Waals surface area contributed by atoms with Gasteiger partial charge in [0.1, 0.15) is 6.54 Å². The molecule has 23 heavy (non-hydrogen) atoms. The summed E-state index contributed by atoms with van der Waals surface area (Å²) in [5, 5.41) is 1.44. The number of nitrogens with zero attached hydrogens (tertiary/aromatic N) is 2. The van der Waals surface area contributed by atoms with E-state index in [1.807, 2.05) is 6.07 Å². The Morgan fingerprint density at radius 3 is 2.26 bits per heavy atom. The molecule has 8 heteroatoms. The van der Waals surface area contributed by atoms with Crippen molar-refractivity contribution >= 4 is 23.8 Å². The Hall–Kier alpha value is -2.90. The molecular weight excluding hydrogens is 304 g/mol. The number of carbonyl (C=O) groups is 4. The number of amides is 2. The van der Waals surface area contributed by atoms with Gasteiger partial charge < -0.3 is 9.68 Å². The largest absolute Gasteiger partial charge is 0.338 e. The average molecular weight is 320 g/mol. The van der Waals surface area contributed by atoms with Gasteiger partial charge in [-0.25, -0.2) is 0 Å². The molecule has 0 radical (unpaired) electrons. The first-order valence-electron chi connectivity index (χ1n) is 6.93. The summed E-state index contributed by atoms with van der Waals surface area (Å²) in [7, 11) is 0. The molecule has 1 saturated heterocycles. The zero-order valence-corrected chi connectivity index (χ0v) is 12.7. The molecule has 1 aromatic carbocycles. The zero-order valence-electron chi connectivity index (χ0n) is 12.7. The Bertz CT molecular complexity index is 630. The summed E-state index contributed by atoms with van der Waals surface area (Å²) in [4.78, 5) is 56.5. The minimum Gasteiger partial charge on any atom is -0.338 e. The molecule has 1 unspecified atom stereocenters. The Kier molecular flexibility index (Phi) is 4.95. The van der Waals surface area contributed by atoms with Crippen molar-refractivity contribution in [2.24, 2.45) is 0 Å². The first-order valence-corrected chi connectivity index (χ1v) is 6.93. The van der Waals surface area contributed by atoms with Gasteiger partial charge in [-0.15, -0.1) is 0 Å². The maximum absolute atomic E-state index is 12.5. The maximum atomic E-state index is 12.5. The van der Waals surface area contributed by atoms with Gasteiger partial charge in [0.15, 0.2) is 6.04 Å². The Morgan fingerprint density at radius 2 is 1.70 bits per heavy atom. The third kappa shape index (κ3) is 4.06. The van der Waals surface area contributed by atoms with Crippen LogP contribution in [-0.2, 0) is 35.3 Å². The van der Waals surface area contributed by atoms with Crippen LogP contribution in [0.5, 0.6) is 0 Å². The summed E-state index contributed by atoms with van der Waals surface area (Å²) in [6.07, 6.45) is 0.121. The van der Waals surface area contributed by atoms with E-state index in [2.05, 4.69) is 0 Å². The Labute approximate surface area is 132 Å². The van der Waals surface area contributed by atoms with Crippen molar-refractivity contribution in [1.29, 1.82) is 0 Å². The van der Waals surface area contributed by atoms with Gasteiger partial charge in [0.2, 0.25) is 0 Å². The van der Waals surface area contributed by atoms with Crippen LogP contribution in [0, 0.1) is 0 Å². The number of hydrogen-bond acceptors (Lipinski definition) is 6. The van der Waals surface area contributed by atoms with Crippen molar-refractivity contribution in [3.63, 3.8) is 0 Å². The van der Waals surface area contributed by atoms with Crippen LogP contribution in [0.3, 0.4) is 0 Å². The molecule has 0 saturated carbocycles. The second-order valence-corrected chi connectivity index (χ2v) is 4.97. The summed E-state index contributed by atoms with van der Waals surface area (Å²) < 4.78 is 0. The van der Waals surface area contributed by atoms with Gasteiger partial charge in [-0.05, 0) is 5.56 Å². The van der Waals surface area contributed by atoms with Crippen molar-refractivity contribution in [2.45, 2.75) is 26.3 Å². The number of piperazine rings is 1. The van der Waals surface area contributed by atoms with Crippen LogP contribution in [0.15, 0.2) is 30.3 Å². The fourth-order valence-electron chi connectivity index (χ4n) is 2.20. The lowest BCUT2D eigenvalue weighted by molar-refractivity contribution is -0.237. The minimum atomic E-state index is -1.10. The molecule has 1 aliphatic rings. The van der Waals surface area contributed by atoms with E-state index >= 15 is 0 Å². The molecule has 1 atom stereocenters. The Balaban J connectivity index is 2.27. The maximum Gasteiger partial charge on any atom is 0.329 e. The molecule has 0 N–H and O–H groups in total. The second-order valence-electron chi connectivity index (χ2n) is 4.97. The van der Waals surface area contributed by atoms with Gasteiger partial charge in [0.05, 0.1) is 0 Å². The number of hydrogen-bond donors (Lipinski definition) is 0. The first-order chi connectivity index (χ1) is 10.9. The summed E-state index contributed by atoms with van der Waals surface area (Å²) in [5.41, 5.74) is 0.764. The van der Waals surface area contributed by atoms with Gasteiger partial charge in [0, 0.05) is 20.3 Å². The third-order valence-electron chi connectivity index (χ3n) is 3.08. The van der Waals surface area contributed by atoms with E-state index in [0.717, 1.165) is 24.5 Å². The van der Waals surface area contributed by atoms with Crippen LogP contribution in [0.2, 0.25) is 0 Å². The van der Waals surface area contributed by atoms with E-state index in [1.165, 1.54) is 0 Å². The molecule has 1 aromatic rings. The van der Waals surface area contributed by atoms with E-state index in [1.54, 1.807) is 24.3 Å².